The SMILES string of the molecule is c1ccc(NC(Nc2ccccc2)C2CCNCC2)cc1. The van der Waals surface area contributed by atoms with Gasteiger partial charge in [0.25, 0.3) is 0 Å². The van der Waals surface area contributed by atoms with E-state index >= 15 is 0 Å². The number of hydrogen-bond donors (Lipinski definition) is 3. The Labute approximate surface area is 126 Å². The lowest BCUT2D eigenvalue weighted by molar-refractivity contribution is 0.347. The van der Waals surface area contributed by atoms with Crippen molar-refractivity contribution in [1.29, 1.82) is 0 Å². The van der Waals surface area contributed by atoms with E-state index in [1.165, 1.54) is 24.2 Å². The second kappa shape index (κ2) is 7.14. The van der Waals surface area contributed by atoms with Crippen LogP contribution in [0.4, 0.5) is 11.4 Å². The molecule has 21 heavy (non-hydrogen) atoms. The van der Waals surface area contributed by atoms with E-state index in [0.29, 0.717) is 5.92 Å². The van der Waals surface area contributed by atoms with Crippen molar-refractivity contribution in [3.05, 3.63) is 60.7 Å². The number of piperidine rings is 1. The molecule has 0 saturated carbocycles. The van der Waals surface area contributed by atoms with E-state index in [-0.39, 0.29) is 6.17 Å². The van der Waals surface area contributed by atoms with E-state index < -0.39 is 0 Å². The van der Waals surface area contributed by atoms with Gasteiger partial charge in [0.1, 0.15) is 0 Å². The maximum atomic E-state index is 3.66. The second-order valence-electron chi connectivity index (χ2n) is 5.59. The minimum Gasteiger partial charge on any atom is -0.365 e. The van der Waals surface area contributed by atoms with Crippen LogP contribution in [0, 0.1) is 5.92 Å². The third-order valence-electron chi connectivity index (χ3n) is 4.05. The van der Waals surface area contributed by atoms with Gasteiger partial charge in [-0.3, -0.25) is 0 Å². The summed E-state index contributed by atoms with van der Waals surface area (Å²) in [7, 11) is 0. The minimum absolute atomic E-state index is 0.261. The molecule has 1 aliphatic heterocycles. The van der Waals surface area contributed by atoms with Gasteiger partial charge in [-0.15, -0.1) is 0 Å². The molecule has 1 saturated heterocycles. The second-order valence-corrected chi connectivity index (χ2v) is 5.59. The largest absolute Gasteiger partial charge is 0.365 e. The molecule has 0 atom stereocenters. The molecule has 1 fully saturated rings. The molecule has 0 bridgehead atoms. The lowest BCUT2D eigenvalue weighted by Crippen LogP contribution is -2.42. The van der Waals surface area contributed by atoms with Crippen LogP contribution in [0.5, 0.6) is 0 Å². The fourth-order valence-electron chi connectivity index (χ4n) is 2.88. The van der Waals surface area contributed by atoms with Gasteiger partial charge in [0.2, 0.25) is 0 Å². The number of rotatable bonds is 5. The zero-order valence-electron chi connectivity index (χ0n) is 12.3. The summed E-state index contributed by atoms with van der Waals surface area (Å²) in [4.78, 5) is 0. The number of para-hydroxylation sites is 2. The smallest absolute Gasteiger partial charge is 0.0993 e. The van der Waals surface area contributed by atoms with Crippen molar-refractivity contribution in [3.8, 4) is 0 Å². The number of nitrogens with one attached hydrogen (secondary N) is 3. The Kier molecular flexibility index (Phi) is 4.74. The van der Waals surface area contributed by atoms with Crippen molar-refractivity contribution in [2.24, 2.45) is 5.92 Å². The van der Waals surface area contributed by atoms with E-state index in [0.717, 1.165) is 13.1 Å². The van der Waals surface area contributed by atoms with Crippen molar-refractivity contribution < 1.29 is 0 Å². The maximum absolute atomic E-state index is 3.66. The summed E-state index contributed by atoms with van der Waals surface area (Å²) in [5.41, 5.74) is 2.34. The van der Waals surface area contributed by atoms with Gasteiger partial charge in [-0.2, -0.15) is 0 Å². The van der Waals surface area contributed by atoms with E-state index in [9.17, 15) is 0 Å². The van der Waals surface area contributed by atoms with Gasteiger partial charge in [0.15, 0.2) is 0 Å². The highest BCUT2D eigenvalue weighted by Crippen LogP contribution is 2.22. The summed E-state index contributed by atoms with van der Waals surface area (Å²) in [5.74, 6) is 0.631. The first-order valence-corrected chi connectivity index (χ1v) is 7.76. The van der Waals surface area contributed by atoms with Gasteiger partial charge in [0, 0.05) is 11.4 Å². The minimum atomic E-state index is 0.261. The third-order valence-corrected chi connectivity index (χ3v) is 4.05. The summed E-state index contributed by atoms with van der Waals surface area (Å²) in [6.45, 7) is 2.21. The molecule has 2 aromatic carbocycles. The average Bonchev–Trinajstić information content (AvgIpc) is 2.57. The Bertz CT molecular complexity index is 479. The fourth-order valence-corrected chi connectivity index (χ4v) is 2.88. The van der Waals surface area contributed by atoms with E-state index in [1.807, 2.05) is 0 Å². The van der Waals surface area contributed by atoms with Gasteiger partial charge < -0.3 is 16.0 Å². The molecule has 3 rings (SSSR count). The Balaban J connectivity index is 1.73. The Morgan fingerprint density at radius 2 is 1.24 bits per heavy atom. The lowest BCUT2D eigenvalue weighted by Gasteiger charge is -2.33. The van der Waals surface area contributed by atoms with Gasteiger partial charge >= 0.3 is 0 Å². The molecule has 0 aliphatic carbocycles. The first-order chi connectivity index (χ1) is 10.4. The van der Waals surface area contributed by atoms with Crippen LogP contribution in [0.3, 0.4) is 0 Å². The summed E-state index contributed by atoms with van der Waals surface area (Å²) < 4.78 is 0. The van der Waals surface area contributed by atoms with Crippen molar-refractivity contribution >= 4 is 11.4 Å². The topological polar surface area (TPSA) is 36.1 Å². The van der Waals surface area contributed by atoms with Crippen molar-refractivity contribution in [2.45, 2.75) is 19.0 Å². The molecule has 3 N–H and O–H groups in total. The molecular weight excluding hydrogens is 258 g/mol. The molecule has 0 spiro atoms. The van der Waals surface area contributed by atoms with Crippen molar-refractivity contribution in [3.63, 3.8) is 0 Å². The quantitative estimate of drug-likeness (QED) is 0.734. The number of hydrogen-bond acceptors (Lipinski definition) is 3. The van der Waals surface area contributed by atoms with Gasteiger partial charge in [-0.1, -0.05) is 36.4 Å². The zero-order valence-corrected chi connectivity index (χ0v) is 12.3. The molecule has 3 nitrogen and oxygen atoms in total. The number of anilines is 2. The van der Waals surface area contributed by atoms with Crippen LogP contribution in [0.2, 0.25) is 0 Å². The zero-order chi connectivity index (χ0) is 14.3. The third kappa shape index (κ3) is 3.99. The fraction of sp³-hybridized carbons (Fsp3) is 0.333. The maximum Gasteiger partial charge on any atom is 0.0993 e. The summed E-state index contributed by atoms with van der Waals surface area (Å²) in [6.07, 6.45) is 2.66. The van der Waals surface area contributed by atoms with Gasteiger partial charge in [0.05, 0.1) is 6.17 Å². The first kappa shape index (κ1) is 14.0. The summed E-state index contributed by atoms with van der Waals surface area (Å²) >= 11 is 0. The molecule has 0 unspecified atom stereocenters. The molecule has 0 amide bonds. The molecule has 0 aromatic heterocycles. The van der Waals surface area contributed by atoms with Gasteiger partial charge in [-0.05, 0) is 56.1 Å². The Morgan fingerprint density at radius 1 is 0.762 bits per heavy atom. The molecule has 1 aliphatic rings. The molecule has 3 heteroatoms. The van der Waals surface area contributed by atoms with Crippen LogP contribution in [-0.4, -0.2) is 19.3 Å². The summed E-state index contributed by atoms with van der Waals surface area (Å²) in [5, 5.41) is 10.8. The van der Waals surface area contributed by atoms with Crippen LogP contribution >= 0.6 is 0 Å². The highest BCUT2D eigenvalue weighted by Gasteiger charge is 2.23. The van der Waals surface area contributed by atoms with E-state index in [2.05, 4.69) is 76.6 Å². The monoisotopic (exact) mass is 281 g/mol. The Morgan fingerprint density at radius 3 is 1.71 bits per heavy atom. The normalized spacial score (nSPS) is 15.9. The van der Waals surface area contributed by atoms with Crippen LogP contribution in [0.1, 0.15) is 12.8 Å². The van der Waals surface area contributed by atoms with Crippen LogP contribution < -0.4 is 16.0 Å². The van der Waals surface area contributed by atoms with E-state index in [4.69, 9.17) is 0 Å². The molecule has 110 valence electrons. The molecule has 2 aromatic rings. The first-order valence-electron chi connectivity index (χ1n) is 7.76. The number of benzene rings is 2. The predicted molar refractivity (Wildman–Crippen MR) is 89.5 cm³/mol. The molecule has 0 radical (unpaired) electrons. The highest BCUT2D eigenvalue weighted by molar-refractivity contribution is 5.49. The Hall–Kier alpha value is -2.00. The molecular formula is C18H23N3. The standard InChI is InChI=1S/C18H23N3/c1-3-7-16(8-4-1)20-18(15-11-13-19-14-12-15)21-17-9-5-2-6-10-17/h1-10,15,18-21H,11-14H2. The lowest BCUT2D eigenvalue weighted by atomic mass is 9.94. The average molecular weight is 281 g/mol. The van der Waals surface area contributed by atoms with Crippen LogP contribution in [0.25, 0.3) is 0 Å². The van der Waals surface area contributed by atoms with Crippen molar-refractivity contribution in [1.82, 2.24) is 5.32 Å². The molecule has 1 heterocycles. The van der Waals surface area contributed by atoms with Crippen molar-refractivity contribution in [2.75, 3.05) is 23.7 Å². The van der Waals surface area contributed by atoms with Gasteiger partial charge in [-0.25, -0.2) is 0 Å². The highest BCUT2D eigenvalue weighted by atomic mass is 15.1. The predicted octanol–water partition coefficient (Wildman–Crippen LogP) is 3.54. The van der Waals surface area contributed by atoms with Crippen LogP contribution in [0.15, 0.2) is 60.7 Å². The van der Waals surface area contributed by atoms with E-state index in [1.54, 1.807) is 0 Å². The summed E-state index contributed by atoms with van der Waals surface area (Å²) in [6, 6.07) is 20.9. The van der Waals surface area contributed by atoms with Crippen LogP contribution in [-0.2, 0) is 0 Å².